The third-order valence-corrected chi connectivity index (χ3v) is 0. The Morgan fingerprint density at radius 2 is 1.00 bits per heavy atom. The van der Waals surface area contributed by atoms with Crippen molar-refractivity contribution in [2.75, 3.05) is 0 Å². The summed E-state index contributed by atoms with van der Waals surface area (Å²) in [5.41, 5.74) is 0. The van der Waals surface area contributed by atoms with Crippen molar-refractivity contribution in [1.29, 1.82) is 0 Å². The average Bonchev–Trinajstić information content (AvgIpc) is 0. The minimum atomic E-state index is 0. The molecule has 0 aliphatic rings. The summed E-state index contributed by atoms with van der Waals surface area (Å²) in [4.78, 5) is 0. The molecule has 0 bridgehead atoms. The van der Waals surface area contributed by atoms with E-state index in [1.54, 1.807) is 0 Å². The largest absolute Gasteiger partial charge is 0 e. The molecule has 6 heavy (non-hydrogen) atoms. The Bertz CT molecular complexity index is 15.5. The van der Waals surface area contributed by atoms with Gasteiger partial charge in [0, 0.05) is 58.3 Å². The summed E-state index contributed by atoms with van der Waals surface area (Å²) in [7, 11) is 0. The van der Waals surface area contributed by atoms with E-state index in [2.05, 4.69) is 0 Å². The number of rotatable bonds is 0. The summed E-state index contributed by atoms with van der Waals surface area (Å²) in [6, 6.07) is 0. The van der Waals surface area contributed by atoms with Gasteiger partial charge in [-0.3, -0.25) is 0 Å². The molecular formula is H4CsCuRbSrTiZn. The van der Waals surface area contributed by atoms with Crippen molar-refractivity contribution < 1.29 is 58.3 Å². The molecule has 0 nitrogen and oxygen atoms in total. The van der Waals surface area contributed by atoms with E-state index in [9.17, 15) is 0 Å². The first-order valence-corrected chi connectivity index (χ1v) is 0. The van der Waals surface area contributed by atoms with Gasteiger partial charge in [-0.2, -0.15) is 0 Å². The van der Waals surface area contributed by atoms with E-state index in [0.717, 1.165) is 0 Å². The van der Waals surface area contributed by atoms with Gasteiger partial charge in [-0.05, 0) is 0 Å². The van der Waals surface area contributed by atoms with Crippen LogP contribution in [0.1, 0.15) is 0 Å². The SMILES string of the molecule is [CsH].[Cu].[RbH].[SrH2].[Ti].[Zn]. The van der Waals surface area contributed by atoms with Gasteiger partial charge in [-0.1, -0.05) is 0 Å². The quantitative estimate of drug-likeness (QED) is 0.341. The molecule has 0 spiro atoms. The van der Waals surface area contributed by atoms with E-state index in [4.69, 9.17) is 0 Å². The van der Waals surface area contributed by atoms with Gasteiger partial charge in [0.2, 0.25) is 0 Å². The van der Waals surface area contributed by atoms with Crippen molar-refractivity contribution in [2.45, 2.75) is 0 Å². The van der Waals surface area contributed by atoms with Gasteiger partial charge in [0.05, 0.1) is 0 Å². The number of hydrogen-bond acceptors (Lipinski definition) is 0. The Morgan fingerprint density at radius 3 is 1.00 bits per heavy atom. The molecule has 0 aromatic heterocycles. The van der Waals surface area contributed by atoms with Crippen LogP contribution in [-0.4, -0.2) is 173 Å². The second-order valence-electron chi connectivity index (χ2n) is 0. The van der Waals surface area contributed by atoms with E-state index in [1.165, 1.54) is 0 Å². The molecule has 0 aromatic carbocycles. The Morgan fingerprint density at radius 1 is 1.00 bits per heavy atom. The maximum atomic E-state index is 0. The third kappa shape index (κ3) is 22.5. The second-order valence-corrected chi connectivity index (χ2v) is 0. The Labute approximate surface area is 222 Å². The van der Waals surface area contributed by atoms with E-state index >= 15 is 0 Å². The van der Waals surface area contributed by atoms with Crippen LogP contribution in [0.2, 0.25) is 0 Å². The van der Waals surface area contributed by atoms with Gasteiger partial charge < -0.3 is 0 Å². The molecule has 0 amide bonds. The van der Waals surface area contributed by atoms with Crippen LogP contribution in [0.5, 0.6) is 0 Å². The van der Waals surface area contributed by atoms with Crippen LogP contribution in [0.15, 0.2) is 0 Å². The second kappa shape index (κ2) is 29.5. The topological polar surface area (TPSA) is 0 Å². The molecule has 0 unspecified atom stereocenters. The molecule has 0 aromatic rings. The molecular weight excluding hydrogens is 483 g/mol. The molecule has 0 fully saturated rings. The summed E-state index contributed by atoms with van der Waals surface area (Å²) in [5.74, 6) is 0. The van der Waals surface area contributed by atoms with Gasteiger partial charge in [0.15, 0.2) is 0 Å². The van der Waals surface area contributed by atoms with Crippen molar-refractivity contribution >= 4 is 173 Å². The molecule has 0 rings (SSSR count). The van der Waals surface area contributed by atoms with Gasteiger partial charge in [0.25, 0.3) is 0 Å². The zero-order valence-corrected chi connectivity index (χ0v) is 6.98. The van der Waals surface area contributed by atoms with Crippen molar-refractivity contribution in [1.82, 2.24) is 0 Å². The van der Waals surface area contributed by atoms with Crippen molar-refractivity contribution in [2.24, 2.45) is 0 Å². The molecule has 6 heteroatoms. The van der Waals surface area contributed by atoms with Crippen molar-refractivity contribution in [3.05, 3.63) is 0 Å². The van der Waals surface area contributed by atoms with Crippen LogP contribution in [0, 0.1) is 0 Å². The molecule has 0 N–H and O–H groups in total. The van der Waals surface area contributed by atoms with Gasteiger partial charge in [-0.15, -0.1) is 0 Å². The van der Waals surface area contributed by atoms with Crippen LogP contribution < -0.4 is 0 Å². The predicted octanol–water partition coefficient (Wildman–Crippen LogP) is -2.22. The summed E-state index contributed by atoms with van der Waals surface area (Å²) in [6.07, 6.45) is 0. The summed E-state index contributed by atoms with van der Waals surface area (Å²) in [5, 5.41) is 0. The van der Waals surface area contributed by atoms with E-state index in [0.29, 0.717) is 0 Å². The summed E-state index contributed by atoms with van der Waals surface area (Å²) in [6.45, 7) is 0. The van der Waals surface area contributed by atoms with E-state index in [1.807, 2.05) is 0 Å². The van der Waals surface area contributed by atoms with Gasteiger partial charge in [-0.25, -0.2) is 0 Å². The van der Waals surface area contributed by atoms with Crippen molar-refractivity contribution in [3.63, 3.8) is 0 Å². The van der Waals surface area contributed by atoms with Crippen LogP contribution in [0.25, 0.3) is 0 Å². The summed E-state index contributed by atoms with van der Waals surface area (Å²) >= 11 is 0. The molecule has 1 radical (unpaired) electrons. The maximum Gasteiger partial charge on any atom is 0 e. The first kappa shape index (κ1) is 37.9. The fourth-order valence-corrected chi connectivity index (χ4v) is 0. The standard InChI is InChI=1S/Cs.Cu.Rb.Sr.Ti.Zn.4H. The first-order chi connectivity index (χ1) is 0. The molecule has 0 aliphatic carbocycles. The molecule has 0 saturated carbocycles. The predicted molar refractivity (Wildman–Crippen MR) is 22.8 cm³/mol. The Hall–Kier alpha value is 7.19. The monoisotopic (exact) mass is 485 g/mol. The average molecular weight is 487 g/mol. The smallest absolute Gasteiger partial charge is 0 e. The van der Waals surface area contributed by atoms with Gasteiger partial charge >= 0.3 is 173 Å². The van der Waals surface area contributed by atoms with Crippen LogP contribution >= 0.6 is 0 Å². The molecule has 0 heterocycles. The first-order valence-electron chi connectivity index (χ1n) is 0. The minimum Gasteiger partial charge on any atom is 0 e. The normalized spacial score (nSPS) is 0. The fourth-order valence-electron chi connectivity index (χ4n) is 0. The zero-order chi connectivity index (χ0) is 0. The fraction of sp³-hybridized carbons (Fsp3) is 0. The molecule has 25 valence electrons. The van der Waals surface area contributed by atoms with Crippen LogP contribution in [0.4, 0.5) is 0 Å². The van der Waals surface area contributed by atoms with Crippen LogP contribution in [-0.2, 0) is 58.3 Å². The third-order valence-electron chi connectivity index (χ3n) is 0. The Kier molecular flexibility index (Phi) is 187. The summed E-state index contributed by atoms with van der Waals surface area (Å²) < 4.78 is 0. The van der Waals surface area contributed by atoms with E-state index < -0.39 is 0 Å². The number of hydrogen-bond donors (Lipinski definition) is 0. The van der Waals surface area contributed by atoms with Crippen molar-refractivity contribution in [3.8, 4) is 0 Å². The molecule has 0 atom stereocenters. The minimum absolute atomic E-state index is 0. The van der Waals surface area contributed by atoms with Crippen LogP contribution in [0.3, 0.4) is 0 Å². The Balaban J connectivity index is 0. The van der Waals surface area contributed by atoms with Gasteiger partial charge in [0.1, 0.15) is 0 Å². The molecule has 0 aliphatic heterocycles. The van der Waals surface area contributed by atoms with E-state index in [-0.39, 0.29) is 231 Å². The zero-order valence-electron chi connectivity index (χ0n) is 1.51. The molecule has 0 saturated heterocycles. The maximum absolute atomic E-state index is 0.